The van der Waals surface area contributed by atoms with Crippen molar-refractivity contribution >= 4 is 11.7 Å². The van der Waals surface area contributed by atoms with Gasteiger partial charge in [0.15, 0.2) is 5.82 Å². The standard InChI is InChI=1S/C11H14N6O/c1-12-9-5-3-4-8(15-9)11(18)13-6-10-14-7-17(2)16-10/h3-5,7H,6H2,1-2H3,(H,12,15)(H,13,18). The van der Waals surface area contributed by atoms with Crippen molar-refractivity contribution in [3.63, 3.8) is 0 Å². The van der Waals surface area contributed by atoms with E-state index in [-0.39, 0.29) is 12.5 Å². The third kappa shape index (κ3) is 2.82. The van der Waals surface area contributed by atoms with Gasteiger partial charge in [-0.2, -0.15) is 5.10 Å². The third-order valence-corrected chi connectivity index (χ3v) is 2.29. The molecule has 0 aliphatic rings. The molecule has 0 aliphatic heterocycles. The minimum absolute atomic E-state index is 0.250. The van der Waals surface area contributed by atoms with Crippen molar-refractivity contribution < 1.29 is 4.79 Å². The van der Waals surface area contributed by atoms with Gasteiger partial charge in [-0.3, -0.25) is 9.48 Å². The molecule has 1 amide bonds. The molecule has 2 heterocycles. The van der Waals surface area contributed by atoms with Crippen LogP contribution in [0.1, 0.15) is 16.3 Å². The third-order valence-electron chi connectivity index (χ3n) is 2.29. The lowest BCUT2D eigenvalue weighted by Gasteiger charge is -2.04. The highest BCUT2D eigenvalue weighted by Gasteiger charge is 2.08. The Morgan fingerprint density at radius 1 is 1.44 bits per heavy atom. The molecule has 0 spiro atoms. The molecule has 0 fully saturated rings. The zero-order valence-electron chi connectivity index (χ0n) is 10.2. The van der Waals surface area contributed by atoms with E-state index in [2.05, 4.69) is 25.7 Å². The molecule has 0 unspecified atom stereocenters. The number of pyridine rings is 1. The Morgan fingerprint density at radius 2 is 2.28 bits per heavy atom. The van der Waals surface area contributed by atoms with Crippen molar-refractivity contribution in [3.8, 4) is 0 Å². The first kappa shape index (κ1) is 12.0. The molecule has 2 aromatic heterocycles. The van der Waals surface area contributed by atoms with E-state index in [1.165, 1.54) is 0 Å². The average molecular weight is 246 g/mol. The summed E-state index contributed by atoms with van der Waals surface area (Å²) in [5, 5.41) is 9.66. The number of hydrogen-bond donors (Lipinski definition) is 2. The molecule has 2 N–H and O–H groups in total. The van der Waals surface area contributed by atoms with Gasteiger partial charge in [0, 0.05) is 14.1 Å². The van der Waals surface area contributed by atoms with Gasteiger partial charge < -0.3 is 10.6 Å². The molecule has 7 nitrogen and oxygen atoms in total. The van der Waals surface area contributed by atoms with E-state index in [4.69, 9.17) is 0 Å². The summed E-state index contributed by atoms with van der Waals surface area (Å²) in [7, 11) is 3.53. The molecule has 2 rings (SSSR count). The number of aromatic nitrogens is 4. The Bertz CT molecular complexity index is 550. The fourth-order valence-electron chi connectivity index (χ4n) is 1.42. The smallest absolute Gasteiger partial charge is 0.270 e. The maximum atomic E-state index is 11.8. The number of carbonyl (C=O) groups excluding carboxylic acids is 1. The summed E-state index contributed by atoms with van der Waals surface area (Å²) >= 11 is 0. The lowest BCUT2D eigenvalue weighted by molar-refractivity contribution is 0.0945. The van der Waals surface area contributed by atoms with Crippen LogP contribution in [-0.2, 0) is 13.6 Å². The lowest BCUT2D eigenvalue weighted by Crippen LogP contribution is -2.24. The predicted molar refractivity (Wildman–Crippen MR) is 66.0 cm³/mol. The van der Waals surface area contributed by atoms with Gasteiger partial charge in [-0.05, 0) is 12.1 Å². The van der Waals surface area contributed by atoms with Gasteiger partial charge in [0.25, 0.3) is 5.91 Å². The first-order chi connectivity index (χ1) is 8.69. The second-order valence-electron chi connectivity index (χ2n) is 3.68. The van der Waals surface area contributed by atoms with Gasteiger partial charge in [-0.1, -0.05) is 6.07 Å². The molecular formula is C11H14N6O. The summed E-state index contributed by atoms with van der Waals surface area (Å²) in [6.45, 7) is 0.283. The van der Waals surface area contributed by atoms with Crippen molar-refractivity contribution in [2.24, 2.45) is 7.05 Å². The first-order valence-corrected chi connectivity index (χ1v) is 5.46. The maximum Gasteiger partial charge on any atom is 0.270 e. The lowest BCUT2D eigenvalue weighted by atomic mass is 10.3. The molecule has 2 aromatic rings. The second kappa shape index (κ2) is 5.26. The Labute approximate surface area is 104 Å². The molecule has 7 heteroatoms. The maximum absolute atomic E-state index is 11.8. The second-order valence-corrected chi connectivity index (χ2v) is 3.68. The molecule has 94 valence electrons. The van der Waals surface area contributed by atoms with E-state index in [0.717, 1.165) is 0 Å². The summed E-state index contributed by atoms with van der Waals surface area (Å²) in [5.41, 5.74) is 0.359. The van der Waals surface area contributed by atoms with Crippen LogP contribution in [0.2, 0.25) is 0 Å². The monoisotopic (exact) mass is 246 g/mol. The normalized spacial score (nSPS) is 10.1. The topological polar surface area (TPSA) is 84.7 Å². The quantitative estimate of drug-likeness (QED) is 0.804. The van der Waals surface area contributed by atoms with Crippen molar-refractivity contribution in [1.29, 1.82) is 0 Å². The van der Waals surface area contributed by atoms with Crippen LogP contribution in [0, 0.1) is 0 Å². The Kier molecular flexibility index (Phi) is 3.52. The Hall–Kier alpha value is -2.44. The van der Waals surface area contributed by atoms with Crippen LogP contribution in [0.25, 0.3) is 0 Å². The number of carbonyl (C=O) groups is 1. The summed E-state index contributed by atoms with van der Waals surface area (Å²) in [4.78, 5) is 20.0. The van der Waals surface area contributed by atoms with Crippen molar-refractivity contribution in [1.82, 2.24) is 25.1 Å². The number of aryl methyl sites for hydroxylation is 1. The average Bonchev–Trinajstić information content (AvgIpc) is 2.82. The Balaban J connectivity index is 1.99. The van der Waals surface area contributed by atoms with Crippen LogP contribution < -0.4 is 10.6 Å². The van der Waals surface area contributed by atoms with E-state index in [0.29, 0.717) is 17.3 Å². The van der Waals surface area contributed by atoms with E-state index in [1.807, 2.05) is 0 Å². The van der Waals surface area contributed by atoms with E-state index in [9.17, 15) is 4.79 Å². The number of anilines is 1. The largest absolute Gasteiger partial charge is 0.373 e. The fraction of sp³-hybridized carbons (Fsp3) is 0.273. The van der Waals surface area contributed by atoms with Crippen LogP contribution in [0.15, 0.2) is 24.5 Å². The van der Waals surface area contributed by atoms with E-state index in [1.54, 1.807) is 43.3 Å². The molecule has 0 aromatic carbocycles. The molecule has 0 atom stereocenters. The molecule has 0 aliphatic carbocycles. The van der Waals surface area contributed by atoms with Gasteiger partial charge in [0.05, 0.1) is 6.54 Å². The fourth-order valence-corrected chi connectivity index (χ4v) is 1.42. The van der Waals surface area contributed by atoms with Crippen LogP contribution in [-0.4, -0.2) is 32.7 Å². The van der Waals surface area contributed by atoms with Gasteiger partial charge in [0.2, 0.25) is 0 Å². The SMILES string of the molecule is CNc1cccc(C(=O)NCc2ncn(C)n2)n1. The molecule has 0 radical (unpaired) electrons. The molecular weight excluding hydrogens is 232 g/mol. The van der Waals surface area contributed by atoms with E-state index < -0.39 is 0 Å². The zero-order valence-corrected chi connectivity index (χ0v) is 10.2. The zero-order chi connectivity index (χ0) is 13.0. The molecule has 0 saturated heterocycles. The number of nitrogens with one attached hydrogen (secondary N) is 2. The predicted octanol–water partition coefficient (Wildman–Crippen LogP) is 0.182. The summed E-state index contributed by atoms with van der Waals surface area (Å²) in [6, 6.07) is 5.21. The highest BCUT2D eigenvalue weighted by Crippen LogP contribution is 2.03. The van der Waals surface area contributed by atoms with Crippen LogP contribution in [0.5, 0.6) is 0 Å². The number of nitrogens with zero attached hydrogens (tertiary/aromatic N) is 4. The van der Waals surface area contributed by atoms with Crippen molar-refractivity contribution in [3.05, 3.63) is 36.0 Å². The van der Waals surface area contributed by atoms with Gasteiger partial charge in [-0.25, -0.2) is 9.97 Å². The van der Waals surface area contributed by atoms with Crippen LogP contribution in [0.4, 0.5) is 5.82 Å². The minimum Gasteiger partial charge on any atom is -0.373 e. The summed E-state index contributed by atoms with van der Waals surface area (Å²) < 4.78 is 1.58. The van der Waals surface area contributed by atoms with Crippen molar-refractivity contribution in [2.45, 2.75) is 6.54 Å². The van der Waals surface area contributed by atoms with Gasteiger partial charge in [0.1, 0.15) is 17.8 Å². The molecule has 0 bridgehead atoms. The van der Waals surface area contributed by atoms with Crippen molar-refractivity contribution in [2.75, 3.05) is 12.4 Å². The van der Waals surface area contributed by atoms with Crippen LogP contribution in [0.3, 0.4) is 0 Å². The van der Waals surface area contributed by atoms with E-state index >= 15 is 0 Å². The first-order valence-electron chi connectivity index (χ1n) is 5.46. The van der Waals surface area contributed by atoms with Gasteiger partial charge >= 0.3 is 0 Å². The van der Waals surface area contributed by atoms with Gasteiger partial charge in [-0.15, -0.1) is 0 Å². The Morgan fingerprint density at radius 3 is 2.94 bits per heavy atom. The summed E-state index contributed by atoms with van der Waals surface area (Å²) in [6.07, 6.45) is 1.58. The number of hydrogen-bond acceptors (Lipinski definition) is 5. The minimum atomic E-state index is -0.250. The molecule has 0 saturated carbocycles. The van der Waals surface area contributed by atoms with Crippen LogP contribution >= 0.6 is 0 Å². The molecule has 18 heavy (non-hydrogen) atoms. The summed E-state index contributed by atoms with van der Waals surface area (Å²) in [5.74, 6) is 0.966. The highest BCUT2D eigenvalue weighted by molar-refractivity contribution is 5.92. The number of amides is 1. The highest BCUT2D eigenvalue weighted by atomic mass is 16.1. The number of rotatable bonds is 4.